The predicted octanol–water partition coefficient (Wildman–Crippen LogP) is 2.72. The molecule has 3 aromatic rings. The molecule has 3 aromatic heterocycles. The van der Waals surface area contributed by atoms with E-state index in [2.05, 4.69) is 32.0 Å². The molecule has 8 heteroatoms. The summed E-state index contributed by atoms with van der Waals surface area (Å²) >= 11 is 1.59. The molecule has 0 radical (unpaired) electrons. The zero-order chi connectivity index (χ0) is 16.5. The van der Waals surface area contributed by atoms with Crippen LogP contribution in [0.4, 0.5) is 0 Å². The maximum atomic E-state index is 5.87. The van der Waals surface area contributed by atoms with Crippen LogP contribution in [-0.2, 0) is 13.0 Å². The molecule has 0 amide bonds. The average Bonchev–Trinajstić information content (AvgIpc) is 3.31. The molecule has 0 unspecified atom stereocenters. The Morgan fingerprint density at radius 1 is 1.33 bits per heavy atom. The first-order valence-electron chi connectivity index (χ1n) is 7.74. The number of methoxy groups -OCH3 is 1. The molecule has 0 saturated carbocycles. The second kappa shape index (κ2) is 6.29. The molecular weight excluding hydrogens is 326 g/mol. The summed E-state index contributed by atoms with van der Waals surface area (Å²) in [6.45, 7) is 3.66. The van der Waals surface area contributed by atoms with Crippen LogP contribution in [0, 0.1) is 0 Å². The van der Waals surface area contributed by atoms with E-state index in [1.807, 2.05) is 17.5 Å². The van der Waals surface area contributed by atoms with Gasteiger partial charge in [0.2, 0.25) is 11.8 Å². The van der Waals surface area contributed by atoms with E-state index in [0.29, 0.717) is 24.2 Å². The van der Waals surface area contributed by atoms with Gasteiger partial charge in [-0.3, -0.25) is 4.90 Å². The van der Waals surface area contributed by atoms with Gasteiger partial charge in [-0.1, -0.05) is 6.07 Å². The minimum absolute atomic E-state index is 0.0178. The van der Waals surface area contributed by atoms with Crippen LogP contribution in [0.15, 0.2) is 28.3 Å². The lowest BCUT2D eigenvalue weighted by atomic mass is 10.0. The number of aromatic nitrogens is 4. The molecule has 0 saturated heterocycles. The third-order valence-corrected chi connectivity index (χ3v) is 5.12. The predicted molar refractivity (Wildman–Crippen MR) is 88.7 cm³/mol. The van der Waals surface area contributed by atoms with Crippen LogP contribution >= 0.6 is 11.3 Å². The van der Waals surface area contributed by atoms with Crippen molar-refractivity contribution in [2.75, 3.05) is 13.7 Å². The Hall–Kier alpha value is -2.32. The van der Waals surface area contributed by atoms with Crippen molar-refractivity contribution in [1.29, 1.82) is 0 Å². The summed E-state index contributed by atoms with van der Waals surface area (Å²) < 4.78 is 11.2. The summed E-state index contributed by atoms with van der Waals surface area (Å²) in [7, 11) is 1.64. The molecule has 7 nitrogen and oxygen atoms in total. The third kappa shape index (κ3) is 2.67. The van der Waals surface area contributed by atoms with Crippen molar-refractivity contribution in [3.05, 3.63) is 41.0 Å². The Balaban J connectivity index is 1.56. The van der Waals surface area contributed by atoms with Gasteiger partial charge in [-0.05, 0) is 18.4 Å². The maximum absolute atomic E-state index is 5.87. The summed E-state index contributed by atoms with van der Waals surface area (Å²) in [6.07, 6.45) is 2.41. The number of nitrogens with zero attached hydrogens (tertiary/aromatic N) is 5. The Bertz CT molecular complexity index is 819. The topological polar surface area (TPSA) is 77.2 Å². The average molecular weight is 343 g/mol. The van der Waals surface area contributed by atoms with Crippen LogP contribution in [0.2, 0.25) is 0 Å². The minimum Gasteiger partial charge on any atom is -0.481 e. The number of hydrogen-bond acceptors (Lipinski definition) is 8. The van der Waals surface area contributed by atoms with Gasteiger partial charge in [0.15, 0.2) is 0 Å². The SMILES string of the molecule is COc1ncnc2c1CN([C@H](C)c1nnc(-c3cccs3)o1)CC2. The second-order valence-electron chi connectivity index (χ2n) is 5.63. The number of thiophene rings is 1. The highest BCUT2D eigenvalue weighted by Gasteiger charge is 2.28. The van der Waals surface area contributed by atoms with Crippen LogP contribution in [-0.4, -0.2) is 38.7 Å². The number of fused-ring (bicyclic) bond motifs is 1. The Labute approximate surface area is 143 Å². The van der Waals surface area contributed by atoms with Gasteiger partial charge in [0.05, 0.1) is 23.7 Å². The summed E-state index contributed by atoms with van der Waals surface area (Å²) in [5.74, 6) is 1.84. The highest BCUT2D eigenvalue weighted by atomic mass is 32.1. The van der Waals surface area contributed by atoms with Gasteiger partial charge in [0.25, 0.3) is 5.89 Å². The van der Waals surface area contributed by atoms with Crippen molar-refractivity contribution in [1.82, 2.24) is 25.1 Å². The molecule has 0 N–H and O–H groups in total. The summed E-state index contributed by atoms with van der Waals surface area (Å²) in [6, 6.07) is 3.97. The van der Waals surface area contributed by atoms with Gasteiger partial charge in [-0.2, -0.15) is 0 Å². The van der Waals surface area contributed by atoms with E-state index < -0.39 is 0 Å². The lowest BCUT2D eigenvalue weighted by Gasteiger charge is -2.31. The molecule has 4 heterocycles. The van der Waals surface area contributed by atoms with Gasteiger partial charge < -0.3 is 9.15 Å². The lowest BCUT2D eigenvalue weighted by molar-refractivity contribution is 0.162. The highest BCUT2D eigenvalue weighted by Crippen LogP contribution is 2.31. The summed E-state index contributed by atoms with van der Waals surface area (Å²) in [5, 5.41) is 10.4. The Kier molecular flexibility index (Phi) is 3.99. The van der Waals surface area contributed by atoms with Gasteiger partial charge in [-0.25, -0.2) is 9.97 Å². The molecule has 24 heavy (non-hydrogen) atoms. The van der Waals surface area contributed by atoms with Crippen molar-refractivity contribution in [3.63, 3.8) is 0 Å². The normalized spacial score (nSPS) is 15.9. The third-order valence-electron chi connectivity index (χ3n) is 4.26. The molecule has 4 rings (SSSR count). The molecule has 0 fully saturated rings. The summed E-state index contributed by atoms with van der Waals surface area (Å²) in [5.41, 5.74) is 2.09. The fourth-order valence-electron chi connectivity index (χ4n) is 2.90. The molecule has 0 aromatic carbocycles. The van der Waals surface area contributed by atoms with Crippen molar-refractivity contribution in [3.8, 4) is 16.6 Å². The number of hydrogen-bond donors (Lipinski definition) is 0. The first kappa shape index (κ1) is 15.2. The van der Waals surface area contributed by atoms with E-state index in [1.54, 1.807) is 24.8 Å². The van der Waals surface area contributed by atoms with Crippen LogP contribution in [0.3, 0.4) is 0 Å². The van der Waals surface area contributed by atoms with Crippen LogP contribution in [0.25, 0.3) is 10.8 Å². The van der Waals surface area contributed by atoms with Crippen molar-refractivity contribution in [2.45, 2.75) is 25.9 Å². The molecule has 0 spiro atoms. The summed E-state index contributed by atoms with van der Waals surface area (Å²) in [4.78, 5) is 11.8. The number of ether oxygens (including phenoxy) is 1. The van der Waals surface area contributed by atoms with Crippen molar-refractivity contribution < 1.29 is 9.15 Å². The largest absolute Gasteiger partial charge is 0.481 e. The molecule has 0 aliphatic carbocycles. The van der Waals surface area contributed by atoms with Crippen LogP contribution in [0.5, 0.6) is 5.88 Å². The van der Waals surface area contributed by atoms with E-state index in [4.69, 9.17) is 9.15 Å². The van der Waals surface area contributed by atoms with Crippen LogP contribution < -0.4 is 4.74 Å². The smallest absolute Gasteiger partial charge is 0.257 e. The van der Waals surface area contributed by atoms with Gasteiger partial charge in [0.1, 0.15) is 6.33 Å². The quantitative estimate of drug-likeness (QED) is 0.721. The molecule has 1 aliphatic rings. The van der Waals surface area contributed by atoms with Crippen molar-refractivity contribution >= 4 is 11.3 Å². The fraction of sp³-hybridized carbons (Fsp3) is 0.375. The van der Waals surface area contributed by atoms with E-state index in [1.165, 1.54) is 0 Å². The second-order valence-corrected chi connectivity index (χ2v) is 6.58. The fourth-order valence-corrected chi connectivity index (χ4v) is 3.55. The highest BCUT2D eigenvalue weighted by molar-refractivity contribution is 7.13. The minimum atomic E-state index is 0.0178. The Morgan fingerprint density at radius 2 is 2.25 bits per heavy atom. The number of rotatable bonds is 4. The van der Waals surface area contributed by atoms with Crippen molar-refractivity contribution in [2.24, 2.45) is 0 Å². The zero-order valence-electron chi connectivity index (χ0n) is 13.5. The van der Waals surface area contributed by atoms with Crippen LogP contribution in [0.1, 0.15) is 30.1 Å². The van der Waals surface area contributed by atoms with E-state index in [-0.39, 0.29) is 6.04 Å². The molecule has 124 valence electrons. The van der Waals surface area contributed by atoms with Gasteiger partial charge >= 0.3 is 0 Å². The maximum Gasteiger partial charge on any atom is 0.257 e. The molecule has 1 atom stereocenters. The van der Waals surface area contributed by atoms with E-state index in [0.717, 1.165) is 29.1 Å². The Morgan fingerprint density at radius 3 is 3.04 bits per heavy atom. The lowest BCUT2D eigenvalue weighted by Crippen LogP contribution is -2.34. The first-order chi connectivity index (χ1) is 11.8. The monoisotopic (exact) mass is 343 g/mol. The van der Waals surface area contributed by atoms with Gasteiger partial charge in [0, 0.05) is 25.1 Å². The first-order valence-corrected chi connectivity index (χ1v) is 8.62. The molecule has 0 bridgehead atoms. The zero-order valence-corrected chi connectivity index (χ0v) is 14.3. The van der Waals surface area contributed by atoms with Gasteiger partial charge in [-0.15, -0.1) is 21.5 Å². The standard InChI is InChI=1S/C16H17N5O2S/c1-10(14-19-20-16(23-14)13-4-3-7-24-13)21-6-5-12-11(8-21)15(22-2)18-9-17-12/h3-4,7,9-10H,5-6,8H2,1-2H3/t10-/m1/s1. The van der Waals surface area contributed by atoms with E-state index >= 15 is 0 Å². The molecular formula is C16H17N5O2S. The van der Waals surface area contributed by atoms with E-state index in [9.17, 15) is 0 Å². The molecule has 1 aliphatic heterocycles.